The summed E-state index contributed by atoms with van der Waals surface area (Å²) in [6.07, 6.45) is 0.596. The number of furan rings is 1. The number of carbonyl (C=O) groups excluding carboxylic acids is 1. The van der Waals surface area contributed by atoms with Gasteiger partial charge in [-0.15, -0.1) is 0 Å². The van der Waals surface area contributed by atoms with Crippen LogP contribution in [-0.4, -0.2) is 39.5 Å². The van der Waals surface area contributed by atoms with Crippen molar-refractivity contribution < 1.29 is 22.4 Å². The van der Waals surface area contributed by atoms with Gasteiger partial charge in [0, 0.05) is 23.6 Å². The Balaban J connectivity index is 1.74. The first-order valence-electron chi connectivity index (χ1n) is 7.45. The van der Waals surface area contributed by atoms with Crippen molar-refractivity contribution in [3.63, 3.8) is 0 Å². The zero-order valence-corrected chi connectivity index (χ0v) is 13.9. The van der Waals surface area contributed by atoms with Gasteiger partial charge < -0.3 is 14.5 Å². The minimum Gasteiger partial charge on any atom is -0.497 e. The molecule has 1 aliphatic rings. The number of carbonyl (C=O) groups is 1. The molecule has 0 saturated carbocycles. The molecule has 1 atom stereocenters. The Morgan fingerprint density at radius 3 is 2.87 bits per heavy atom. The zero-order chi connectivity index (χ0) is 16.6. The van der Waals surface area contributed by atoms with Gasteiger partial charge in [0.2, 0.25) is 0 Å². The van der Waals surface area contributed by atoms with E-state index in [1.54, 1.807) is 13.2 Å². The summed E-state index contributed by atoms with van der Waals surface area (Å²) in [7, 11) is -1.36. The van der Waals surface area contributed by atoms with Crippen LogP contribution in [0, 0.1) is 12.8 Å². The molecule has 1 saturated heterocycles. The third-order valence-electron chi connectivity index (χ3n) is 4.23. The summed E-state index contributed by atoms with van der Waals surface area (Å²) in [4.78, 5) is 12.3. The highest BCUT2D eigenvalue weighted by Crippen LogP contribution is 2.28. The highest BCUT2D eigenvalue weighted by Gasteiger charge is 2.28. The Morgan fingerprint density at radius 2 is 2.22 bits per heavy atom. The Morgan fingerprint density at radius 1 is 1.43 bits per heavy atom. The lowest BCUT2D eigenvalue weighted by Crippen LogP contribution is -2.29. The van der Waals surface area contributed by atoms with Crippen molar-refractivity contribution in [1.29, 1.82) is 0 Å². The van der Waals surface area contributed by atoms with Gasteiger partial charge in [-0.05, 0) is 31.4 Å². The molecular formula is C16H19NO5S. The van der Waals surface area contributed by atoms with Crippen LogP contribution in [0.15, 0.2) is 22.6 Å². The molecule has 0 bridgehead atoms. The minimum absolute atomic E-state index is 0.0197. The number of nitrogens with one attached hydrogen (secondary N) is 1. The predicted octanol–water partition coefficient (Wildman–Crippen LogP) is 1.91. The molecule has 6 nitrogen and oxygen atoms in total. The van der Waals surface area contributed by atoms with Gasteiger partial charge in [0.25, 0.3) is 5.91 Å². The van der Waals surface area contributed by atoms with E-state index in [9.17, 15) is 13.2 Å². The molecule has 1 amide bonds. The number of hydrogen-bond acceptors (Lipinski definition) is 5. The summed E-state index contributed by atoms with van der Waals surface area (Å²) in [5.74, 6) is 0.930. The number of fused-ring (bicyclic) bond motifs is 1. The summed E-state index contributed by atoms with van der Waals surface area (Å²) in [6, 6.07) is 5.41. The van der Waals surface area contributed by atoms with Crippen molar-refractivity contribution in [2.24, 2.45) is 5.92 Å². The van der Waals surface area contributed by atoms with Crippen LogP contribution in [0.5, 0.6) is 5.75 Å². The predicted molar refractivity (Wildman–Crippen MR) is 86.6 cm³/mol. The highest BCUT2D eigenvalue weighted by molar-refractivity contribution is 7.91. The fraction of sp³-hybridized carbons (Fsp3) is 0.438. The first kappa shape index (κ1) is 15.9. The molecular weight excluding hydrogens is 318 g/mol. The van der Waals surface area contributed by atoms with Gasteiger partial charge >= 0.3 is 0 Å². The van der Waals surface area contributed by atoms with Crippen molar-refractivity contribution in [3.8, 4) is 5.75 Å². The summed E-state index contributed by atoms with van der Waals surface area (Å²) in [6.45, 7) is 2.17. The number of benzene rings is 1. The molecule has 2 aromatic rings. The topological polar surface area (TPSA) is 85.6 Å². The molecule has 3 rings (SSSR count). The van der Waals surface area contributed by atoms with Gasteiger partial charge in [0.1, 0.15) is 11.3 Å². The van der Waals surface area contributed by atoms with E-state index in [0.717, 1.165) is 10.9 Å². The second kappa shape index (κ2) is 5.88. The lowest BCUT2D eigenvalue weighted by molar-refractivity contribution is 0.0922. The largest absolute Gasteiger partial charge is 0.497 e. The third-order valence-corrected chi connectivity index (χ3v) is 6.07. The molecule has 0 spiro atoms. The molecule has 1 aromatic carbocycles. The maximum atomic E-state index is 12.3. The van der Waals surface area contributed by atoms with Crippen LogP contribution in [-0.2, 0) is 9.84 Å². The Labute approximate surface area is 134 Å². The molecule has 1 unspecified atom stereocenters. The molecule has 124 valence electrons. The second-order valence-corrected chi connectivity index (χ2v) is 8.13. The zero-order valence-electron chi connectivity index (χ0n) is 13.1. The quantitative estimate of drug-likeness (QED) is 0.921. The number of aryl methyl sites for hydroxylation is 1. The van der Waals surface area contributed by atoms with Crippen LogP contribution in [0.4, 0.5) is 0 Å². The van der Waals surface area contributed by atoms with E-state index >= 15 is 0 Å². The Bertz CT molecular complexity index is 853. The first-order chi connectivity index (χ1) is 10.9. The SMILES string of the molecule is COc1ccc2c(C)c(C(=O)NCC3CCS(=O)(=O)C3)oc2c1. The number of ether oxygens (including phenoxy) is 1. The van der Waals surface area contributed by atoms with Gasteiger partial charge in [0.05, 0.1) is 18.6 Å². The summed E-state index contributed by atoms with van der Waals surface area (Å²) in [5.41, 5.74) is 1.36. The summed E-state index contributed by atoms with van der Waals surface area (Å²) in [5, 5.41) is 3.64. The summed E-state index contributed by atoms with van der Waals surface area (Å²) >= 11 is 0. The minimum atomic E-state index is -2.93. The normalized spacial score (nSPS) is 19.8. The molecule has 0 aliphatic carbocycles. The van der Waals surface area contributed by atoms with E-state index in [1.807, 2.05) is 19.1 Å². The fourth-order valence-electron chi connectivity index (χ4n) is 2.90. The molecule has 1 N–H and O–H groups in total. The lowest BCUT2D eigenvalue weighted by Gasteiger charge is -2.08. The van der Waals surface area contributed by atoms with Crippen LogP contribution in [0.25, 0.3) is 11.0 Å². The molecule has 1 aliphatic heterocycles. The van der Waals surface area contributed by atoms with E-state index in [2.05, 4.69) is 5.32 Å². The number of sulfone groups is 1. The molecule has 0 radical (unpaired) electrons. The van der Waals surface area contributed by atoms with Crippen LogP contribution in [0.1, 0.15) is 22.5 Å². The average Bonchev–Trinajstić information content (AvgIpc) is 3.04. The van der Waals surface area contributed by atoms with Crippen LogP contribution < -0.4 is 10.1 Å². The van der Waals surface area contributed by atoms with Crippen LogP contribution in [0.2, 0.25) is 0 Å². The second-order valence-electron chi connectivity index (χ2n) is 5.90. The number of rotatable bonds is 4. The first-order valence-corrected chi connectivity index (χ1v) is 9.27. The van der Waals surface area contributed by atoms with Crippen LogP contribution in [0.3, 0.4) is 0 Å². The number of amides is 1. The fourth-order valence-corrected chi connectivity index (χ4v) is 4.76. The number of hydrogen-bond donors (Lipinski definition) is 1. The van der Waals surface area contributed by atoms with Crippen molar-refractivity contribution in [1.82, 2.24) is 5.32 Å². The Hall–Kier alpha value is -2.02. The monoisotopic (exact) mass is 337 g/mol. The van der Waals surface area contributed by atoms with Gasteiger partial charge in [0.15, 0.2) is 15.6 Å². The molecule has 2 heterocycles. The summed E-state index contributed by atoms with van der Waals surface area (Å²) < 4.78 is 33.7. The molecule has 7 heteroatoms. The van der Waals surface area contributed by atoms with E-state index in [4.69, 9.17) is 9.15 Å². The van der Waals surface area contributed by atoms with Crippen LogP contribution >= 0.6 is 0 Å². The average molecular weight is 337 g/mol. The maximum absolute atomic E-state index is 12.3. The van der Waals surface area contributed by atoms with Crippen molar-refractivity contribution in [2.75, 3.05) is 25.2 Å². The maximum Gasteiger partial charge on any atom is 0.287 e. The van der Waals surface area contributed by atoms with Crippen molar-refractivity contribution in [3.05, 3.63) is 29.5 Å². The lowest BCUT2D eigenvalue weighted by atomic mass is 10.1. The molecule has 1 fully saturated rings. The van der Waals surface area contributed by atoms with Gasteiger partial charge in [-0.25, -0.2) is 8.42 Å². The van der Waals surface area contributed by atoms with Gasteiger partial charge in [-0.1, -0.05) is 0 Å². The van der Waals surface area contributed by atoms with Crippen molar-refractivity contribution >= 4 is 26.7 Å². The highest BCUT2D eigenvalue weighted by atomic mass is 32.2. The van der Waals surface area contributed by atoms with E-state index in [0.29, 0.717) is 24.3 Å². The third kappa shape index (κ3) is 3.19. The van der Waals surface area contributed by atoms with E-state index in [1.165, 1.54) is 0 Å². The molecule has 23 heavy (non-hydrogen) atoms. The Kier molecular flexibility index (Phi) is 4.06. The standard InChI is InChI=1S/C16H19NO5S/c1-10-13-4-3-12(21-2)7-14(13)22-15(10)16(18)17-8-11-5-6-23(19,20)9-11/h3-4,7,11H,5-6,8-9H2,1-2H3,(H,17,18). The van der Waals surface area contributed by atoms with Gasteiger partial charge in [-0.2, -0.15) is 0 Å². The number of methoxy groups -OCH3 is 1. The van der Waals surface area contributed by atoms with Crippen molar-refractivity contribution in [2.45, 2.75) is 13.3 Å². The smallest absolute Gasteiger partial charge is 0.287 e. The van der Waals surface area contributed by atoms with Gasteiger partial charge in [-0.3, -0.25) is 4.79 Å². The van der Waals surface area contributed by atoms with E-state index in [-0.39, 0.29) is 29.1 Å². The van der Waals surface area contributed by atoms with E-state index < -0.39 is 9.84 Å². The molecule has 1 aromatic heterocycles.